The highest BCUT2D eigenvalue weighted by Gasteiger charge is 2.50. The summed E-state index contributed by atoms with van der Waals surface area (Å²) in [4.78, 5) is 31.1. The molecule has 2 aliphatic heterocycles. The van der Waals surface area contributed by atoms with Gasteiger partial charge in [-0.05, 0) is 50.5 Å². The Morgan fingerprint density at radius 3 is 2.88 bits per heavy atom. The van der Waals surface area contributed by atoms with Crippen molar-refractivity contribution in [3.63, 3.8) is 0 Å². The SMILES string of the molecule is CCc1cc(C(=O)N2CCC3(CCCN(CC4CC4)C3=O)C2)cs1. The van der Waals surface area contributed by atoms with E-state index in [-0.39, 0.29) is 11.3 Å². The molecule has 1 aromatic heterocycles. The van der Waals surface area contributed by atoms with E-state index in [0.717, 1.165) is 56.8 Å². The largest absolute Gasteiger partial charge is 0.342 e. The van der Waals surface area contributed by atoms with Crippen molar-refractivity contribution in [2.45, 2.75) is 45.4 Å². The molecule has 0 radical (unpaired) electrons. The first-order chi connectivity index (χ1) is 11.6. The first-order valence-electron chi connectivity index (χ1n) is 9.27. The molecular weight excluding hydrogens is 320 g/mol. The van der Waals surface area contributed by atoms with Crippen LogP contribution in [0.4, 0.5) is 0 Å². The predicted molar refractivity (Wildman–Crippen MR) is 95.2 cm³/mol. The van der Waals surface area contributed by atoms with Crippen molar-refractivity contribution in [3.05, 3.63) is 21.9 Å². The van der Waals surface area contributed by atoms with E-state index in [1.54, 1.807) is 11.3 Å². The van der Waals surface area contributed by atoms with Crippen LogP contribution < -0.4 is 0 Å². The number of likely N-dealkylation sites (tertiary alicyclic amines) is 2. The van der Waals surface area contributed by atoms with E-state index in [9.17, 15) is 9.59 Å². The molecule has 3 heterocycles. The minimum atomic E-state index is -0.299. The van der Waals surface area contributed by atoms with Gasteiger partial charge in [-0.2, -0.15) is 0 Å². The summed E-state index contributed by atoms with van der Waals surface area (Å²) >= 11 is 1.66. The molecule has 3 fully saturated rings. The average Bonchev–Trinajstić information content (AvgIpc) is 3.12. The molecule has 1 atom stereocenters. The van der Waals surface area contributed by atoms with Gasteiger partial charge in [0.1, 0.15) is 0 Å². The Labute approximate surface area is 147 Å². The lowest BCUT2D eigenvalue weighted by atomic mass is 9.78. The molecule has 0 N–H and O–H groups in total. The molecule has 2 saturated heterocycles. The van der Waals surface area contributed by atoms with Crippen LogP contribution in [0.15, 0.2) is 11.4 Å². The van der Waals surface area contributed by atoms with E-state index >= 15 is 0 Å². The normalized spacial score (nSPS) is 27.3. The zero-order valence-electron chi connectivity index (χ0n) is 14.4. The van der Waals surface area contributed by atoms with Gasteiger partial charge in [-0.1, -0.05) is 6.92 Å². The molecule has 1 aliphatic carbocycles. The first-order valence-corrected chi connectivity index (χ1v) is 10.2. The number of amides is 2. The summed E-state index contributed by atoms with van der Waals surface area (Å²) in [6.45, 7) is 5.30. The molecular formula is C19H26N2O2S. The third kappa shape index (κ3) is 2.87. The highest BCUT2D eigenvalue weighted by Crippen LogP contribution is 2.42. The fourth-order valence-corrected chi connectivity index (χ4v) is 5.03. The van der Waals surface area contributed by atoms with Crippen LogP contribution in [0.3, 0.4) is 0 Å². The lowest BCUT2D eigenvalue weighted by Gasteiger charge is -2.39. The van der Waals surface area contributed by atoms with Gasteiger partial charge in [0.15, 0.2) is 0 Å². The van der Waals surface area contributed by atoms with Gasteiger partial charge in [-0.3, -0.25) is 9.59 Å². The quantitative estimate of drug-likeness (QED) is 0.840. The van der Waals surface area contributed by atoms with Gasteiger partial charge in [-0.25, -0.2) is 0 Å². The van der Waals surface area contributed by atoms with Gasteiger partial charge in [0.2, 0.25) is 5.91 Å². The van der Waals surface area contributed by atoms with E-state index in [4.69, 9.17) is 0 Å². The van der Waals surface area contributed by atoms with Crippen LogP contribution in [-0.2, 0) is 11.2 Å². The van der Waals surface area contributed by atoms with Gasteiger partial charge in [0.25, 0.3) is 5.91 Å². The van der Waals surface area contributed by atoms with Gasteiger partial charge in [-0.15, -0.1) is 11.3 Å². The monoisotopic (exact) mass is 346 g/mol. The van der Waals surface area contributed by atoms with Crippen molar-refractivity contribution in [2.24, 2.45) is 11.3 Å². The maximum absolute atomic E-state index is 13.1. The topological polar surface area (TPSA) is 40.6 Å². The number of piperidine rings is 1. The standard InChI is InChI=1S/C19H26N2O2S/c1-2-16-10-15(12-24-16)17(22)21-9-7-19(13-21)6-3-8-20(18(19)23)11-14-4-5-14/h10,12,14H,2-9,11,13H2,1H3. The maximum atomic E-state index is 13.1. The minimum Gasteiger partial charge on any atom is -0.342 e. The lowest BCUT2D eigenvalue weighted by molar-refractivity contribution is -0.145. The van der Waals surface area contributed by atoms with E-state index in [0.29, 0.717) is 12.5 Å². The first kappa shape index (κ1) is 16.1. The summed E-state index contributed by atoms with van der Waals surface area (Å²) in [5.74, 6) is 1.16. The summed E-state index contributed by atoms with van der Waals surface area (Å²) < 4.78 is 0. The third-order valence-corrected chi connectivity index (χ3v) is 6.97. The van der Waals surface area contributed by atoms with E-state index in [2.05, 4.69) is 11.8 Å². The molecule has 1 saturated carbocycles. The van der Waals surface area contributed by atoms with Crippen molar-refractivity contribution in [2.75, 3.05) is 26.2 Å². The minimum absolute atomic E-state index is 0.106. The van der Waals surface area contributed by atoms with Gasteiger partial charge in [0, 0.05) is 36.4 Å². The number of carbonyl (C=O) groups excluding carboxylic acids is 2. The van der Waals surface area contributed by atoms with E-state index in [1.165, 1.54) is 17.7 Å². The van der Waals surface area contributed by atoms with Crippen LogP contribution >= 0.6 is 11.3 Å². The van der Waals surface area contributed by atoms with Crippen LogP contribution in [-0.4, -0.2) is 47.8 Å². The third-order valence-electron chi connectivity index (χ3n) is 5.89. The zero-order valence-corrected chi connectivity index (χ0v) is 15.2. The summed E-state index contributed by atoms with van der Waals surface area (Å²) in [6, 6.07) is 2.01. The van der Waals surface area contributed by atoms with Crippen LogP contribution in [0.25, 0.3) is 0 Å². The highest BCUT2D eigenvalue weighted by atomic mass is 32.1. The summed E-state index contributed by atoms with van der Waals surface area (Å²) in [6.07, 6.45) is 6.39. The van der Waals surface area contributed by atoms with Crippen LogP contribution in [0.1, 0.15) is 54.3 Å². The maximum Gasteiger partial charge on any atom is 0.254 e. The predicted octanol–water partition coefficient (Wildman–Crippen LogP) is 3.18. The molecule has 4 rings (SSSR count). The Kier molecular flexibility index (Phi) is 4.15. The highest BCUT2D eigenvalue weighted by molar-refractivity contribution is 7.10. The summed E-state index contributed by atoms with van der Waals surface area (Å²) in [5, 5.41) is 1.97. The number of nitrogens with zero attached hydrogens (tertiary/aromatic N) is 2. The number of rotatable bonds is 4. The number of hydrogen-bond acceptors (Lipinski definition) is 3. The number of aryl methyl sites for hydroxylation is 1. The van der Waals surface area contributed by atoms with Gasteiger partial charge in [0.05, 0.1) is 11.0 Å². The van der Waals surface area contributed by atoms with Crippen molar-refractivity contribution >= 4 is 23.2 Å². The average molecular weight is 346 g/mol. The molecule has 1 aromatic rings. The molecule has 130 valence electrons. The van der Waals surface area contributed by atoms with E-state index in [1.807, 2.05) is 16.3 Å². The molecule has 0 bridgehead atoms. The fourth-order valence-electron chi connectivity index (χ4n) is 4.22. The second-order valence-corrected chi connectivity index (χ2v) is 8.71. The second-order valence-electron chi connectivity index (χ2n) is 7.71. The van der Waals surface area contributed by atoms with Crippen LogP contribution in [0, 0.1) is 11.3 Å². The molecule has 4 nitrogen and oxygen atoms in total. The molecule has 3 aliphatic rings. The summed E-state index contributed by atoms with van der Waals surface area (Å²) in [5.41, 5.74) is 0.499. The Morgan fingerprint density at radius 1 is 1.33 bits per heavy atom. The smallest absolute Gasteiger partial charge is 0.254 e. The molecule has 1 spiro atoms. The van der Waals surface area contributed by atoms with Crippen molar-refractivity contribution in [1.29, 1.82) is 0 Å². The number of hydrogen-bond donors (Lipinski definition) is 0. The molecule has 24 heavy (non-hydrogen) atoms. The molecule has 5 heteroatoms. The second kappa shape index (κ2) is 6.17. The molecule has 0 aromatic carbocycles. The number of carbonyl (C=O) groups is 2. The van der Waals surface area contributed by atoms with Crippen LogP contribution in [0.2, 0.25) is 0 Å². The van der Waals surface area contributed by atoms with Gasteiger partial charge >= 0.3 is 0 Å². The van der Waals surface area contributed by atoms with E-state index < -0.39 is 0 Å². The zero-order chi connectivity index (χ0) is 16.7. The fraction of sp³-hybridized carbons (Fsp3) is 0.684. The van der Waals surface area contributed by atoms with Crippen LogP contribution in [0.5, 0.6) is 0 Å². The Hall–Kier alpha value is -1.36. The van der Waals surface area contributed by atoms with Crippen molar-refractivity contribution in [3.8, 4) is 0 Å². The Morgan fingerprint density at radius 2 is 2.17 bits per heavy atom. The van der Waals surface area contributed by atoms with Gasteiger partial charge < -0.3 is 9.80 Å². The Bertz CT molecular complexity index is 652. The number of thiophene rings is 1. The molecule has 2 amide bonds. The lowest BCUT2D eigenvalue weighted by Crippen LogP contribution is -2.50. The summed E-state index contributed by atoms with van der Waals surface area (Å²) in [7, 11) is 0. The van der Waals surface area contributed by atoms with Crippen molar-refractivity contribution in [1.82, 2.24) is 9.80 Å². The van der Waals surface area contributed by atoms with Crippen molar-refractivity contribution < 1.29 is 9.59 Å². The Balaban J connectivity index is 1.46. The molecule has 1 unspecified atom stereocenters.